The fraction of sp³-hybridized carbons (Fsp3) is 0.150. The first-order chi connectivity index (χ1) is 13.4. The second-order valence-electron chi connectivity index (χ2n) is 5.93. The van der Waals surface area contributed by atoms with Crippen molar-refractivity contribution in [3.8, 4) is 11.5 Å². The van der Waals surface area contributed by atoms with Gasteiger partial charge in [0.15, 0.2) is 0 Å². The normalized spacial score (nSPS) is 15.1. The maximum atomic E-state index is 12.6. The first-order valence-electron chi connectivity index (χ1n) is 8.30. The van der Waals surface area contributed by atoms with Crippen LogP contribution in [0.4, 0.5) is 4.79 Å². The van der Waals surface area contributed by atoms with E-state index in [0.717, 1.165) is 17.3 Å². The highest BCUT2D eigenvalue weighted by atomic mass is 32.2. The predicted octanol–water partition coefficient (Wildman–Crippen LogP) is 3.39. The number of rotatable bonds is 5. The number of nitrogens with one attached hydrogen (secondary N) is 1. The number of carbonyl (C=O) groups is 3. The third-order valence-corrected chi connectivity index (χ3v) is 4.92. The van der Waals surface area contributed by atoms with Crippen LogP contribution in [-0.2, 0) is 4.79 Å². The van der Waals surface area contributed by atoms with E-state index < -0.39 is 17.1 Å². The fourth-order valence-electron chi connectivity index (χ4n) is 2.51. The minimum atomic E-state index is -0.603. The van der Waals surface area contributed by atoms with E-state index in [9.17, 15) is 14.4 Å². The van der Waals surface area contributed by atoms with Gasteiger partial charge in [-0.25, -0.2) is 0 Å². The molecule has 28 heavy (non-hydrogen) atoms. The molecule has 8 heteroatoms. The van der Waals surface area contributed by atoms with Crippen LogP contribution >= 0.6 is 11.8 Å². The van der Waals surface area contributed by atoms with Gasteiger partial charge in [-0.3, -0.25) is 19.8 Å². The second-order valence-corrected chi connectivity index (χ2v) is 6.93. The molecule has 0 radical (unpaired) electrons. The third-order valence-electron chi connectivity index (χ3n) is 4.05. The summed E-state index contributed by atoms with van der Waals surface area (Å²) in [4.78, 5) is 37.3. The third kappa shape index (κ3) is 4.01. The summed E-state index contributed by atoms with van der Waals surface area (Å²) in [7, 11) is 3.04. The molecule has 0 aliphatic carbocycles. The molecule has 0 unspecified atom stereocenters. The van der Waals surface area contributed by atoms with Crippen molar-refractivity contribution < 1.29 is 23.9 Å². The summed E-state index contributed by atoms with van der Waals surface area (Å²) in [6.45, 7) is 1.90. The number of nitrogens with zero attached hydrogens (tertiary/aromatic N) is 1. The number of ether oxygens (including phenoxy) is 2. The van der Waals surface area contributed by atoms with Crippen molar-refractivity contribution in [2.75, 3.05) is 14.2 Å². The average molecular weight is 398 g/mol. The molecule has 2 aromatic rings. The number of amides is 3. The zero-order chi connectivity index (χ0) is 20.3. The summed E-state index contributed by atoms with van der Waals surface area (Å²) in [5.74, 6) is -0.0405. The Labute approximate surface area is 166 Å². The molecule has 1 heterocycles. The first kappa shape index (κ1) is 19.5. The number of aryl methyl sites for hydroxylation is 1. The standard InChI is InChI=1S/C20H18N2O5S/c1-12-4-6-13(7-5-12)18(23)21-22-19(24)17(28-20(22)25)10-14-8-9-15(26-2)11-16(14)27-3/h4-11H,1-3H3,(H,21,23)/b17-10-. The summed E-state index contributed by atoms with van der Waals surface area (Å²) >= 11 is 0.742. The summed E-state index contributed by atoms with van der Waals surface area (Å²) in [5, 5.41) is 0.138. The molecule has 3 amide bonds. The Hall–Kier alpha value is -3.26. The van der Waals surface area contributed by atoms with Gasteiger partial charge in [-0.15, -0.1) is 0 Å². The molecule has 1 fully saturated rings. The molecule has 144 valence electrons. The van der Waals surface area contributed by atoms with Gasteiger partial charge in [0, 0.05) is 17.2 Å². The Kier molecular flexibility index (Phi) is 5.70. The summed E-state index contributed by atoms with van der Waals surface area (Å²) in [6.07, 6.45) is 1.54. The largest absolute Gasteiger partial charge is 0.497 e. The lowest BCUT2D eigenvalue weighted by Crippen LogP contribution is -2.44. The van der Waals surface area contributed by atoms with E-state index >= 15 is 0 Å². The Morgan fingerprint density at radius 1 is 1.07 bits per heavy atom. The topological polar surface area (TPSA) is 84.9 Å². The zero-order valence-corrected chi connectivity index (χ0v) is 16.3. The van der Waals surface area contributed by atoms with E-state index in [0.29, 0.717) is 27.6 Å². The highest BCUT2D eigenvalue weighted by Gasteiger charge is 2.37. The summed E-state index contributed by atoms with van der Waals surface area (Å²) < 4.78 is 10.5. The van der Waals surface area contributed by atoms with Crippen LogP contribution in [-0.4, -0.2) is 36.3 Å². The molecule has 7 nitrogen and oxygen atoms in total. The van der Waals surface area contributed by atoms with Crippen molar-refractivity contribution in [3.05, 3.63) is 64.1 Å². The molecule has 0 saturated carbocycles. The van der Waals surface area contributed by atoms with Gasteiger partial charge in [-0.2, -0.15) is 5.01 Å². The van der Waals surface area contributed by atoms with Crippen LogP contribution in [0.5, 0.6) is 11.5 Å². The van der Waals surface area contributed by atoms with Gasteiger partial charge in [0.05, 0.1) is 19.1 Å². The van der Waals surface area contributed by atoms with Crippen LogP contribution in [0, 0.1) is 6.92 Å². The molecular formula is C20H18N2O5S. The molecule has 1 N–H and O–H groups in total. The smallest absolute Gasteiger partial charge is 0.312 e. The van der Waals surface area contributed by atoms with Gasteiger partial charge >= 0.3 is 5.24 Å². The van der Waals surface area contributed by atoms with E-state index in [2.05, 4.69) is 5.43 Å². The SMILES string of the molecule is COc1ccc(/C=C2\SC(=O)N(NC(=O)c3ccc(C)cc3)C2=O)c(OC)c1. The number of methoxy groups -OCH3 is 2. The van der Waals surface area contributed by atoms with Gasteiger partial charge < -0.3 is 9.47 Å². The van der Waals surface area contributed by atoms with Crippen molar-refractivity contribution in [3.63, 3.8) is 0 Å². The molecule has 1 aliphatic heterocycles. The molecule has 0 bridgehead atoms. The van der Waals surface area contributed by atoms with E-state index in [4.69, 9.17) is 9.47 Å². The number of hydrogen-bond donors (Lipinski definition) is 1. The Bertz CT molecular complexity index is 969. The number of thioether (sulfide) groups is 1. The number of carbonyl (C=O) groups excluding carboxylic acids is 3. The van der Waals surface area contributed by atoms with Gasteiger partial charge in [-0.1, -0.05) is 17.7 Å². The maximum absolute atomic E-state index is 12.6. The molecule has 1 saturated heterocycles. The van der Waals surface area contributed by atoms with Gasteiger partial charge in [-0.05, 0) is 49.0 Å². The van der Waals surface area contributed by atoms with E-state index in [1.165, 1.54) is 14.2 Å². The van der Waals surface area contributed by atoms with Gasteiger partial charge in [0.2, 0.25) is 0 Å². The molecule has 0 atom stereocenters. The molecule has 2 aromatic carbocycles. The number of imide groups is 1. The highest BCUT2D eigenvalue weighted by molar-refractivity contribution is 8.18. The predicted molar refractivity (Wildman–Crippen MR) is 106 cm³/mol. The Morgan fingerprint density at radius 2 is 1.79 bits per heavy atom. The lowest BCUT2D eigenvalue weighted by molar-refractivity contribution is -0.124. The van der Waals surface area contributed by atoms with E-state index in [1.807, 2.05) is 6.92 Å². The Morgan fingerprint density at radius 3 is 2.43 bits per heavy atom. The van der Waals surface area contributed by atoms with Crippen LogP contribution in [0.15, 0.2) is 47.4 Å². The summed E-state index contributed by atoms with van der Waals surface area (Å²) in [5.41, 5.74) is 4.32. The summed E-state index contributed by atoms with van der Waals surface area (Å²) in [6, 6.07) is 11.9. The van der Waals surface area contributed by atoms with Gasteiger partial charge in [0.25, 0.3) is 11.8 Å². The molecular weight excluding hydrogens is 380 g/mol. The van der Waals surface area contributed by atoms with Crippen molar-refractivity contribution in [2.24, 2.45) is 0 Å². The lowest BCUT2D eigenvalue weighted by atomic mass is 10.1. The van der Waals surface area contributed by atoms with E-state index in [-0.39, 0.29) is 4.91 Å². The molecule has 0 aromatic heterocycles. The van der Waals surface area contributed by atoms with Crippen LogP contribution in [0.25, 0.3) is 6.08 Å². The van der Waals surface area contributed by atoms with Gasteiger partial charge in [0.1, 0.15) is 11.5 Å². The minimum Gasteiger partial charge on any atom is -0.497 e. The second kappa shape index (κ2) is 8.18. The molecule has 3 rings (SSSR count). The van der Waals surface area contributed by atoms with Crippen LogP contribution < -0.4 is 14.9 Å². The monoisotopic (exact) mass is 398 g/mol. The van der Waals surface area contributed by atoms with E-state index in [1.54, 1.807) is 48.5 Å². The number of hydrogen-bond acceptors (Lipinski definition) is 6. The quantitative estimate of drug-likeness (QED) is 0.777. The van der Waals surface area contributed by atoms with Crippen molar-refractivity contribution in [1.82, 2.24) is 10.4 Å². The van der Waals surface area contributed by atoms with Crippen molar-refractivity contribution in [1.29, 1.82) is 0 Å². The van der Waals surface area contributed by atoms with Crippen molar-refractivity contribution >= 4 is 34.9 Å². The van der Waals surface area contributed by atoms with Crippen LogP contribution in [0.3, 0.4) is 0 Å². The van der Waals surface area contributed by atoms with Crippen molar-refractivity contribution in [2.45, 2.75) is 6.92 Å². The first-order valence-corrected chi connectivity index (χ1v) is 9.12. The lowest BCUT2D eigenvalue weighted by Gasteiger charge is -2.13. The zero-order valence-electron chi connectivity index (χ0n) is 15.5. The average Bonchev–Trinajstić information content (AvgIpc) is 2.96. The number of hydrazine groups is 1. The maximum Gasteiger partial charge on any atom is 0.312 e. The fourth-order valence-corrected chi connectivity index (χ4v) is 3.29. The Balaban J connectivity index is 1.80. The number of benzene rings is 2. The highest BCUT2D eigenvalue weighted by Crippen LogP contribution is 2.34. The van der Waals surface area contributed by atoms with Crippen LogP contribution in [0.1, 0.15) is 21.5 Å². The molecule has 1 aliphatic rings. The minimum absolute atomic E-state index is 0.178. The van der Waals surface area contributed by atoms with Crippen LogP contribution in [0.2, 0.25) is 0 Å². The molecule has 0 spiro atoms.